The minimum atomic E-state index is -2.85. The largest absolute Gasteiger partial charge is 0.361 e. The van der Waals surface area contributed by atoms with Crippen LogP contribution >= 0.6 is 0 Å². The van der Waals surface area contributed by atoms with Gasteiger partial charge in [0.05, 0.1) is 11.0 Å². The molecule has 1 aromatic heterocycles. The number of rotatable bonds is 11. The first kappa shape index (κ1) is 19.0. The highest BCUT2D eigenvalue weighted by Gasteiger charge is 2.14. The van der Waals surface area contributed by atoms with E-state index >= 15 is 0 Å². The lowest BCUT2D eigenvalue weighted by Crippen LogP contribution is -2.17. The molecule has 134 valence electrons. The van der Waals surface area contributed by atoms with Gasteiger partial charge in [-0.1, -0.05) is 50.3 Å². The van der Waals surface area contributed by atoms with E-state index in [2.05, 4.69) is 35.4 Å². The molecule has 0 atom stereocenters. The molecule has 4 heteroatoms. The van der Waals surface area contributed by atoms with Gasteiger partial charge in [0.1, 0.15) is 0 Å². The molecule has 1 heterocycles. The number of para-hydroxylation sites is 1. The number of aryl methyl sites for hydroxylation is 1. The van der Waals surface area contributed by atoms with E-state index in [0.29, 0.717) is 5.75 Å². The molecule has 0 aliphatic heterocycles. The van der Waals surface area contributed by atoms with Crippen molar-refractivity contribution >= 4 is 20.7 Å². The summed E-state index contributed by atoms with van der Waals surface area (Å²) in [5.74, 6) is 0.352. The summed E-state index contributed by atoms with van der Waals surface area (Å²) in [4.78, 5) is 3.33. The van der Waals surface area contributed by atoms with Crippen molar-refractivity contribution in [1.82, 2.24) is 4.98 Å². The molecule has 0 unspecified atom stereocenters. The molecular formula is C20H31NO2S. The highest BCUT2D eigenvalue weighted by molar-refractivity contribution is 7.91. The van der Waals surface area contributed by atoms with Gasteiger partial charge in [-0.2, -0.15) is 0 Å². The van der Waals surface area contributed by atoms with Crippen LogP contribution in [0.15, 0.2) is 30.5 Å². The zero-order chi connectivity index (χ0) is 17.4. The lowest BCUT2D eigenvalue weighted by Gasteiger charge is -2.07. The predicted molar refractivity (Wildman–Crippen MR) is 103 cm³/mol. The summed E-state index contributed by atoms with van der Waals surface area (Å²) >= 11 is 0. The van der Waals surface area contributed by atoms with Gasteiger partial charge in [-0.15, -0.1) is 0 Å². The number of hydrogen-bond donors (Lipinski definition) is 1. The molecule has 0 fully saturated rings. The van der Waals surface area contributed by atoms with E-state index in [1.54, 1.807) is 13.8 Å². The van der Waals surface area contributed by atoms with Gasteiger partial charge in [0.2, 0.25) is 0 Å². The van der Waals surface area contributed by atoms with Crippen LogP contribution in [0.25, 0.3) is 10.9 Å². The molecule has 3 nitrogen and oxygen atoms in total. The number of benzene rings is 1. The second kappa shape index (κ2) is 9.26. The van der Waals surface area contributed by atoms with Crippen LogP contribution in [0, 0.1) is 0 Å². The highest BCUT2D eigenvalue weighted by Crippen LogP contribution is 2.20. The zero-order valence-corrected chi connectivity index (χ0v) is 15.9. The molecule has 1 aromatic carbocycles. The fraction of sp³-hybridized carbons (Fsp3) is 0.600. The minimum absolute atomic E-state index is 0.234. The molecule has 0 aliphatic carbocycles. The third-order valence-electron chi connectivity index (χ3n) is 4.77. The summed E-state index contributed by atoms with van der Waals surface area (Å²) in [5, 5.41) is 1.12. The molecule has 24 heavy (non-hydrogen) atoms. The topological polar surface area (TPSA) is 49.9 Å². The highest BCUT2D eigenvalue weighted by atomic mass is 32.2. The molecule has 0 spiro atoms. The Morgan fingerprint density at radius 2 is 1.54 bits per heavy atom. The Kier molecular flexibility index (Phi) is 7.35. The third kappa shape index (κ3) is 5.66. The zero-order valence-electron chi connectivity index (χ0n) is 15.1. The Bertz CT molecular complexity index is 716. The lowest BCUT2D eigenvalue weighted by atomic mass is 10.0. The Hall–Kier alpha value is -1.29. The Labute approximate surface area is 146 Å². The van der Waals surface area contributed by atoms with Gasteiger partial charge in [-0.25, -0.2) is 8.42 Å². The summed E-state index contributed by atoms with van der Waals surface area (Å²) in [5.41, 5.74) is 2.65. The number of unbranched alkanes of at least 4 members (excludes halogenated alkanes) is 6. The van der Waals surface area contributed by atoms with Crippen molar-refractivity contribution in [2.75, 3.05) is 5.75 Å². The number of aromatic nitrogens is 1. The van der Waals surface area contributed by atoms with Crippen LogP contribution in [-0.2, 0) is 16.3 Å². The molecule has 0 radical (unpaired) electrons. The minimum Gasteiger partial charge on any atom is -0.361 e. The van der Waals surface area contributed by atoms with Crippen LogP contribution in [0.2, 0.25) is 0 Å². The van der Waals surface area contributed by atoms with Crippen molar-refractivity contribution in [3.63, 3.8) is 0 Å². The molecule has 2 rings (SSSR count). The SMILES string of the molecule is CC(C)S(=O)(=O)CCCCCCCCCc1c[nH]c2ccccc12. The molecule has 0 aliphatic rings. The standard InChI is InChI=1S/C20H31NO2S/c1-17(2)24(22,23)15-11-7-5-3-4-6-8-12-18-16-21-20-14-10-9-13-19(18)20/h9-10,13-14,16-17,21H,3-8,11-12,15H2,1-2H3. The fourth-order valence-corrected chi connectivity index (χ4v) is 4.15. The van der Waals surface area contributed by atoms with E-state index in [4.69, 9.17) is 0 Å². The summed E-state index contributed by atoms with van der Waals surface area (Å²) < 4.78 is 23.4. The van der Waals surface area contributed by atoms with Gasteiger partial charge in [-0.3, -0.25) is 0 Å². The normalized spacial score (nSPS) is 12.3. The molecule has 2 aromatic rings. The molecule has 0 saturated heterocycles. The van der Waals surface area contributed by atoms with Crippen LogP contribution in [0.4, 0.5) is 0 Å². The van der Waals surface area contributed by atoms with Crippen molar-refractivity contribution in [2.24, 2.45) is 0 Å². The van der Waals surface area contributed by atoms with E-state index in [9.17, 15) is 8.42 Å². The second-order valence-electron chi connectivity index (χ2n) is 7.00. The van der Waals surface area contributed by atoms with Crippen molar-refractivity contribution < 1.29 is 8.42 Å². The van der Waals surface area contributed by atoms with Gasteiger partial charge in [0.15, 0.2) is 9.84 Å². The van der Waals surface area contributed by atoms with Gasteiger partial charge in [0, 0.05) is 17.1 Å². The van der Waals surface area contributed by atoms with Crippen molar-refractivity contribution in [2.45, 2.75) is 70.5 Å². The number of H-pyrrole nitrogens is 1. The van der Waals surface area contributed by atoms with E-state index < -0.39 is 9.84 Å². The van der Waals surface area contributed by atoms with Gasteiger partial charge < -0.3 is 4.98 Å². The Balaban J connectivity index is 1.53. The average Bonchev–Trinajstić information content (AvgIpc) is 2.96. The molecule has 0 amide bonds. The number of sulfone groups is 1. The van der Waals surface area contributed by atoms with E-state index in [1.165, 1.54) is 42.1 Å². The van der Waals surface area contributed by atoms with Crippen molar-refractivity contribution in [1.29, 1.82) is 0 Å². The van der Waals surface area contributed by atoms with Crippen LogP contribution < -0.4 is 0 Å². The van der Waals surface area contributed by atoms with Crippen LogP contribution in [0.1, 0.15) is 64.4 Å². The fourth-order valence-electron chi connectivity index (χ4n) is 3.08. The number of fused-ring (bicyclic) bond motifs is 1. The van der Waals surface area contributed by atoms with Crippen LogP contribution in [0.5, 0.6) is 0 Å². The van der Waals surface area contributed by atoms with E-state index in [-0.39, 0.29) is 5.25 Å². The summed E-state index contributed by atoms with van der Waals surface area (Å²) in [6.07, 6.45) is 11.2. The van der Waals surface area contributed by atoms with Crippen molar-refractivity contribution in [3.8, 4) is 0 Å². The van der Waals surface area contributed by atoms with Crippen LogP contribution in [0.3, 0.4) is 0 Å². The maximum Gasteiger partial charge on any atom is 0.152 e. The Morgan fingerprint density at radius 1 is 0.917 bits per heavy atom. The average molecular weight is 350 g/mol. The van der Waals surface area contributed by atoms with Gasteiger partial charge >= 0.3 is 0 Å². The molecule has 0 saturated carbocycles. The van der Waals surface area contributed by atoms with Crippen molar-refractivity contribution in [3.05, 3.63) is 36.0 Å². The molecule has 1 N–H and O–H groups in total. The van der Waals surface area contributed by atoms with Gasteiger partial charge in [0.25, 0.3) is 0 Å². The summed E-state index contributed by atoms with van der Waals surface area (Å²) in [6, 6.07) is 8.47. The quantitative estimate of drug-likeness (QED) is 0.562. The Morgan fingerprint density at radius 3 is 2.25 bits per heavy atom. The smallest absolute Gasteiger partial charge is 0.152 e. The first-order valence-electron chi connectivity index (χ1n) is 9.27. The number of aromatic amines is 1. The molecular weight excluding hydrogens is 318 g/mol. The first-order valence-corrected chi connectivity index (χ1v) is 11.0. The maximum absolute atomic E-state index is 11.7. The predicted octanol–water partition coefficient (Wildman–Crippen LogP) is 5.26. The van der Waals surface area contributed by atoms with E-state index in [1.807, 2.05) is 0 Å². The summed E-state index contributed by atoms with van der Waals surface area (Å²) in [7, 11) is -2.85. The van der Waals surface area contributed by atoms with E-state index in [0.717, 1.165) is 25.7 Å². The number of nitrogens with one attached hydrogen (secondary N) is 1. The number of hydrogen-bond acceptors (Lipinski definition) is 2. The van der Waals surface area contributed by atoms with Crippen LogP contribution in [-0.4, -0.2) is 24.4 Å². The van der Waals surface area contributed by atoms with Gasteiger partial charge in [-0.05, 0) is 44.7 Å². The first-order chi connectivity index (χ1) is 11.5. The molecule has 0 bridgehead atoms. The lowest BCUT2D eigenvalue weighted by molar-refractivity contribution is 0.570. The maximum atomic E-state index is 11.7. The third-order valence-corrected chi connectivity index (χ3v) is 7.06. The monoisotopic (exact) mass is 349 g/mol. The second-order valence-corrected chi connectivity index (χ2v) is 9.68. The summed E-state index contributed by atoms with van der Waals surface area (Å²) in [6.45, 7) is 3.53.